The van der Waals surface area contributed by atoms with Crippen molar-refractivity contribution in [2.75, 3.05) is 32.7 Å². The molecule has 16 heavy (non-hydrogen) atoms. The van der Waals surface area contributed by atoms with Crippen LogP contribution < -0.4 is 5.32 Å². The van der Waals surface area contributed by atoms with Crippen LogP contribution in [0.25, 0.3) is 0 Å². The Morgan fingerprint density at radius 2 is 1.94 bits per heavy atom. The summed E-state index contributed by atoms with van der Waals surface area (Å²) < 4.78 is 0. The van der Waals surface area contributed by atoms with Crippen molar-refractivity contribution in [2.24, 2.45) is 10.4 Å². The number of hydrogen-bond acceptors (Lipinski definition) is 6. The number of nitrogens with one attached hydrogen (secondary N) is 1. The van der Waals surface area contributed by atoms with E-state index in [9.17, 15) is 14.6 Å². The smallest absolute Gasteiger partial charge is 0.250 e. The SMILES string of the molecule is CCN(CC)CCNC(=O)C(CN=O)N=O. The van der Waals surface area contributed by atoms with Crippen LogP contribution >= 0.6 is 0 Å². The Kier molecular flexibility index (Phi) is 8.14. The highest BCUT2D eigenvalue weighted by Crippen LogP contribution is 1.92. The zero-order valence-electron chi connectivity index (χ0n) is 9.68. The molecule has 0 spiro atoms. The second-order valence-electron chi connectivity index (χ2n) is 3.25. The Hall–Kier alpha value is -1.37. The summed E-state index contributed by atoms with van der Waals surface area (Å²) in [4.78, 5) is 33.6. The average molecular weight is 230 g/mol. The van der Waals surface area contributed by atoms with E-state index in [0.717, 1.165) is 13.1 Å². The lowest BCUT2D eigenvalue weighted by molar-refractivity contribution is -0.122. The first-order chi connectivity index (χ1) is 7.69. The predicted molar refractivity (Wildman–Crippen MR) is 61.0 cm³/mol. The fourth-order valence-electron chi connectivity index (χ4n) is 1.23. The van der Waals surface area contributed by atoms with E-state index in [1.807, 2.05) is 13.8 Å². The summed E-state index contributed by atoms with van der Waals surface area (Å²) in [6, 6.07) is -1.20. The van der Waals surface area contributed by atoms with Gasteiger partial charge in [-0.25, -0.2) is 0 Å². The van der Waals surface area contributed by atoms with Crippen molar-refractivity contribution in [3.63, 3.8) is 0 Å². The van der Waals surface area contributed by atoms with Gasteiger partial charge in [0.1, 0.15) is 6.54 Å². The van der Waals surface area contributed by atoms with Crippen molar-refractivity contribution >= 4 is 5.91 Å². The third kappa shape index (κ3) is 5.50. The van der Waals surface area contributed by atoms with Crippen LogP contribution in [-0.4, -0.2) is 49.6 Å². The van der Waals surface area contributed by atoms with Gasteiger partial charge in [-0.05, 0) is 13.1 Å². The molecule has 0 aromatic rings. The van der Waals surface area contributed by atoms with E-state index in [1.165, 1.54) is 0 Å². The van der Waals surface area contributed by atoms with E-state index in [1.54, 1.807) is 0 Å². The summed E-state index contributed by atoms with van der Waals surface area (Å²) in [5.41, 5.74) is 0. The summed E-state index contributed by atoms with van der Waals surface area (Å²) >= 11 is 0. The van der Waals surface area contributed by atoms with Gasteiger partial charge in [0.25, 0.3) is 5.91 Å². The third-order valence-electron chi connectivity index (χ3n) is 2.30. The largest absolute Gasteiger partial charge is 0.353 e. The van der Waals surface area contributed by atoms with E-state index >= 15 is 0 Å². The first-order valence-corrected chi connectivity index (χ1v) is 5.31. The minimum atomic E-state index is -1.20. The molecule has 7 nitrogen and oxygen atoms in total. The van der Waals surface area contributed by atoms with Gasteiger partial charge in [0, 0.05) is 13.1 Å². The molecule has 1 amide bonds. The van der Waals surface area contributed by atoms with Gasteiger partial charge < -0.3 is 10.2 Å². The minimum absolute atomic E-state index is 0.402. The monoisotopic (exact) mass is 230 g/mol. The summed E-state index contributed by atoms with van der Waals surface area (Å²) in [7, 11) is 0. The van der Waals surface area contributed by atoms with Crippen LogP contribution in [0.4, 0.5) is 0 Å². The summed E-state index contributed by atoms with van der Waals surface area (Å²) in [6.07, 6.45) is 0. The fourth-order valence-corrected chi connectivity index (χ4v) is 1.23. The van der Waals surface area contributed by atoms with Crippen LogP contribution in [0.5, 0.6) is 0 Å². The molecule has 92 valence electrons. The first-order valence-electron chi connectivity index (χ1n) is 5.31. The third-order valence-corrected chi connectivity index (χ3v) is 2.30. The Morgan fingerprint density at radius 1 is 1.31 bits per heavy atom. The molecule has 0 heterocycles. The normalized spacial score (nSPS) is 12.2. The topological polar surface area (TPSA) is 91.2 Å². The van der Waals surface area contributed by atoms with E-state index in [0.29, 0.717) is 13.1 Å². The molecule has 1 unspecified atom stereocenters. The maximum atomic E-state index is 11.3. The number of carbonyl (C=O) groups is 1. The van der Waals surface area contributed by atoms with Crippen LogP contribution in [-0.2, 0) is 4.79 Å². The van der Waals surface area contributed by atoms with Crippen molar-refractivity contribution in [2.45, 2.75) is 19.9 Å². The van der Waals surface area contributed by atoms with Crippen molar-refractivity contribution in [1.29, 1.82) is 0 Å². The molecule has 0 rings (SSSR count). The van der Waals surface area contributed by atoms with Crippen LogP contribution in [0, 0.1) is 9.81 Å². The highest BCUT2D eigenvalue weighted by molar-refractivity contribution is 5.82. The molecular weight excluding hydrogens is 212 g/mol. The van der Waals surface area contributed by atoms with Gasteiger partial charge in [0.05, 0.1) is 0 Å². The van der Waals surface area contributed by atoms with Crippen molar-refractivity contribution in [1.82, 2.24) is 10.2 Å². The second kappa shape index (κ2) is 8.90. The van der Waals surface area contributed by atoms with E-state index in [2.05, 4.69) is 20.6 Å². The molecular formula is C9H18N4O3. The first kappa shape index (κ1) is 14.6. The quantitative estimate of drug-likeness (QED) is 0.578. The van der Waals surface area contributed by atoms with E-state index in [4.69, 9.17) is 0 Å². The van der Waals surface area contributed by atoms with Crippen LogP contribution in [0.2, 0.25) is 0 Å². The molecule has 0 aromatic heterocycles. The van der Waals surface area contributed by atoms with Crippen LogP contribution in [0.15, 0.2) is 10.4 Å². The molecule has 0 aliphatic rings. The molecule has 1 N–H and O–H groups in total. The number of carbonyl (C=O) groups excluding carboxylic acids is 1. The standard InChI is InChI=1S/C9H18N4O3/c1-3-13(4-2)6-5-10-9(14)8(12-16)7-11-15/h8H,3-7H2,1-2H3,(H,10,14). The number of likely N-dealkylation sites (N-methyl/N-ethyl adjacent to an activating group) is 1. The van der Waals surface area contributed by atoms with Gasteiger partial charge in [-0.3, -0.25) is 4.79 Å². The zero-order valence-corrected chi connectivity index (χ0v) is 9.68. The Morgan fingerprint density at radius 3 is 2.38 bits per heavy atom. The lowest BCUT2D eigenvalue weighted by Gasteiger charge is -2.18. The van der Waals surface area contributed by atoms with Crippen molar-refractivity contribution in [3.8, 4) is 0 Å². The van der Waals surface area contributed by atoms with Crippen LogP contribution in [0.1, 0.15) is 13.8 Å². The molecule has 0 aliphatic carbocycles. The summed E-state index contributed by atoms with van der Waals surface area (Å²) in [6.45, 7) is 6.59. The lowest BCUT2D eigenvalue weighted by Crippen LogP contribution is -2.40. The molecule has 0 bridgehead atoms. The Labute approximate surface area is 94.5 Å². The number of hydrogen-bond donors (Lipinski definition) is 1. The van der Waals surface area contributed by atoms with Crippen molar-refractivity contribution < 1.29 is 4.79 Å². The van der Waals surface area contributed by atoms with Crippen LogP contribution in [0.3, 0.4) is 0 Å². The molecule has 0 aliphatic heterocycles. The van der Waals surface area contributed by atoms with Gasteiger partial charge >= 0.3 is 0 Å². The highest BCUT2D eigenvalue weighted by Gasteiger charge is 2.18. The van der Waals surface area contributed by atoms with Crippen molar-refractivity contribution in [3.05, 3.63) is 9.81 Å². The summed E-state index contributed by atoms with van der Waals surface area (Å²) in [5, 5.41) is 7.58. The Bertz CT molecular complexity index is 231. The number of rotatable bonds is 9. The molecule has 0 fully saturated rings. The molecule has 0 radical (unpaired) electrons. The van der Waals surface area contributed by atoms with Gasteiger partial charge in [-0.2, -0.15) is 4.91 Å². The maximum absolute atomic E-state index is 11.3. The number of nitroso groups, excluding NO2 is 2. The van der Waals surface area contributed by atoms with Gasteiger partial charge in [-0.1, -0.05) is 24.2 Å². The minimum Gasteiger partial charge on any atom is -0.353 e. The fraction of sp³-hybridized carbons (Fsp3) is 0.889. The van der Waals surface area contributed by atoms with Gasteiger partial charge in [0.15, 0.2) is 6.04 Å². The van der Waals surface area contributed by atoms with Gasteiger partial charge in [0.2, 0.25) is 0 Å². The molecule has 0 saturated heterocycles. The van der Waals surface area contributed by atoms with Gasteiger partial charge in [-0.15, -0.1) is 4.91 Å². The van der Waals surface area contributed by atoms with E-state index in [-0.39, 0.29) is 0 Å². The number of nitrogens with zero attached hydrogens (tertiary/aromatic N) is 3. The molecule has 0 aromatic carbocycles. The summed E-state index contributed by atoms with van der Waals surface area (Å²) in [5.74, 6) is -0.540. The molecule has 7 heteroatoms. The average Bonchev–Trinajstić information content (AvgIpc) is 2.31. The zero-order chi connectivity index (χ0) is 12.4. The number of amides is 1. The molecule has 0 saturated carbocycles. The van der Waals surface area contributed by atoms with E-state index < -0.39 is 18.5 Å². The molecule has 1 atom stereocenters. The second-order valence-corrected chi connectivity index (χ2v) is 3.25. The maximum Gasteiger partial charge on any atom is 0.250 e. The Balaban J connectivity index is 3.86. The predicted octanol–water partition coefficient (Wildman–Crippen LogP) is 0.346. The highest BCUT2D eigenvalue weighted by atomic mass is 16.3. The lowest BCUT2D eigenvalue weighted by atomic mass is 10.3.